The van der Waals surface area contributed by atoms with Crippen molar-refractivity contribution in [1.29, 1.82) is 0 Å². The molecule has 224 valence electrons. The summed E-state index contributed by atoms with van der Waals surface area (Å²) in [7, 11) is 0. The van der Waals surface area contributed by atoms with Crippen molar-refractivity contribution in [2.24, 2.45) is 5.92 Å². The van der Waals surface area contributed by atoms with E-state index in [2.05, 4.69) is 19.9 Å². The van der Waals surface area contributed by atoms with Crippen molar-refractivity contribution in [3.8, 4) is 11.3 Å². The van der Waals surface area contributed by atoms with Crippen LogP contribution in [0.4, 0.5) is 15.4 Å². The van der Waals surface area contributed by atoms with E-state index >= 15 is 0 Å². The maximum absolute atomic E-state index is 13.5. The third-order valence-corrected chi connectivity index (χ3v) is 6.67. The van der Waals surface area contributed by atoms with Crippen LogP contribution < -0.4 is 4.90 Å². The molecule has 0 radical (unpaired) electrons. The predicted octanol–water partition coefficient (Wildman–Crippen LogP) is 6.63. The largest absolute Gasteiger partial charge is 0.443 e. The van der Waals surface area contributed by atoms with Crippen LogP contribution in [0.5, 0.6) is 0 Å². The standard InChI is InChI=1S/C30H44N6O5/c1-10-39-20(2)15-23-25(22-16-34-35(18-22)24(17-31-9)21-13-11-12-14-21)32-19-33-26(23)36(27(37)40-29(3,4)5)28(38)41-30(6,7)8/h16,18-21,24H,10-15,17H2,1-8H3/t20?,24-/m1/s1. The van der Waals surface area contributed by atoms with Gasteiger partial charge in [-0.3, -0.25) is 4.68 Å². The first-order valence-corrected chi connectivity index (χ1v) is 14.3. The number of aromatic nitrogens is 4. The van der Waals surface area contributed by atoms with E-state index in [0.29, 0.717) is 42.3 Å². The van der Waals surface area contributed by atoms with Crippen molar-refractivity contribution in [2.45, 2.75) is 111 Å². The van der Waals surface area contributed by atoms with E-state index in [4.69, 9.17) is 20.8 Å². The van der Waals surface area contributed by atoms with Crippen LogP contribution in [0.3, 0.4) is 0 Å². The molecule has 11 heteroatoms. The van der Waals surface area contributed by atoms with Crippen molar-refractivity contribution in [3.63, 3.8) is 0 Å². The van der Waals surface area contributed by atoms with Crippen molar-refractivity contribution < 1.29 is 23.8 Å². The van der Waals surface area contributed by atoms with Gasteiger partial charge < -0.3 is 19.1 Å². The number of nitrogens with zero attached hydrogens (tertiary/aromatic N) is 6. The smallest absolute Gasteiger partial charge is 0.425 e. The molecule has 0 bridgehead atoms. The van der Waals surface area contributed by atoms with Crippen molar-refractivity contribution in [2.75, 3.05) is 18.1 Å². The second-order valence-corrected chi connectivity index (χ2v) is 12.5. The Morgan fingerprint density at radius 3 is 2.24 bits per heavy atom. The fourth-order valence-electron chi connectivity index (χ4n) is 5.05. The Kier molecular flexibility index (Phi) is 10.5. The lowest BCUT2D eigenvalue weighted by Crippen LogP contribution is -2.44. The average molecular weight is 569 g/mol. The van der Waals surface area contributed by atoms with Crippen molar-refractivity contribution in [3.05, 3.63) is 35.7 Å². The molecule has 0 spiro atoms. The molecule has 2 heterocycles. The van der Waals surface area contributed by atoms with Crippen LogP contribution in [0, 0.1) is 12.5 Å². The minimum Gasteiger partial charge on any atom is -0.443 e. The zero-order chi connectivity index (χ0) is 30.4. The zero-order valence-electron chi connectivity index (χ0n) is 25.6. The molecule has 3 rings (SSSR count). The van der Waals surface area contributed by atoms with Crippen LogP contribution in [-0.2, 0) is 20.6 Å². The number of rotatable bonds is 9. The van der Waals surface area contributed by atoms with Gasteiger partial charge in [-0.2, -0.15) is 10.00 Å². The van der Waals surface area contributed by atoms with Gasteiger partial charge in [-0.25, -0.2) is 26.1 Å². The molecule has 1 unspecified atom stereocenters. The highest BCUT2D eigenvalue weighted by atomic mass is 16.6. The number of anilines is 1. The van der Waals surface area contributed by atoms with Gasteiger partial charge in [0.1, 0.15) is 23.6 Å². The summed E-state index contributed by atoms with van der Waals surface area (Å²) in [5.41, 5.74) is -0.0184. The molecule has 1 fully saturated rings. The Bertz CT molecular complexity index is 1210. The average Bonchev–Trinajstić information content (AvgIpc) is 3.54. The number of ether oxygens (including phenoxy) is 3. The van der Waals surface area contributed by atoms with E-state index in [1.54, 1.807) is 47.7 Å². The molecule has 1 saturated carbocycles. The van der Waals surface area contributed by atoms with Crippen LogP contribution in [0.1, 0.15) is 92.7 Å². The summed E-state index contributed by atoms with van der Waals surface area (Å²) in [4.78, 5) is 40.5. The molecule has 41 heavy (non-hydrogen) atoms. The maximum Gasteiger partial charge on any atom is 0.425 e. The van der Waals surface area contributed by atoms with E-state index in [-0.39, 0.29) is 18.0 Å². The number of carbonyl (C=O) groups excluding carboxylic acids is 2. The first kappa shape index (κ1) is 32.0. The van der Waals surface area contributed by atoms with Gasteiger partial charge >= 0.3 is 12.2 Å². The Morgan fingerprint density at radius 2 is 1.71 bits per heavy atom. The van der Waals surface area contributed by atoms with Gasteiger partial charge in [-0.05, 0) is 74.1 Å². The molecule has 1 aliphatic carbocycles. The first-order valence-electron chi connectivity index (χ1n) is 14.3. The van der Waals surface area contributed by atoms with E-state index in [9.17, 15) is 9.59 Å². The molecule has 2 aromatic heterocycles. The molecule has 0 aromatic carbocycles. The Hall–Kier alpha value is -3.52. The molecule has 11 nitrogen and oxygen atoms in total. The highest BCUT2D eigenvalue weighted by Gasteiger charge is 2.37. The summed E-state index contributed by atoms with van der Waals surface area (Å²) in [5, 5.41) is 4.64. The molecular weight excluding hydrogens is 524 g/mol. The highest BCUT2D eigenvalue weighted by molar-refractivity contribution is 6.09. The van der Waals surface area contributed by atoms with Crippen LogP contribution in [0.15, 0.2) is 18.7 Å². The lowest BCUT2D eigenvalue weighted by atomic mass is 9.98. The second-order valence-electron chi connectivity index (χ2n) is 12.5. The van der Waals surface area contributed by atoms with Crippen LogP contribution in [-0.4, -0.2) is 62.4 Å². The van der Waals surface area contributed by atoms with Crippen molar-refractivity contribution >= 4 is 18.0 Å². The van der Waals surface area contributed by atoms with E-state index < -0.39 is 23.4 Å². The van der Waals surface area contributed by atoms with Crippen LogP contribution in [0.2, 0.25) is 0 Å². The first-order chi connectivity index (χ1) is 19.2. The molecule has 0 N–H and O–H groups in total. The fourth-order valence-corrected chi connectivity index (χ4v) is 5.05. The number of imide groups is 1. The number of hydrogen-bond acceptors (Lipinski definition) is 8. The lowest BCUT2D eigenvalue weighted by Gasteiger charge is -2.29. The number of amides is 2. The van der Waals surface area contributed by atoms with E-state index in [1.165, 1.54) is 6.33 Å². The lowest BCUT2D eigenvalue weighted by molar-refractivity contribution is 0.0426. The molecule has 2 atom stereocenters. The van der Waals surface area contributed by atoms with Gasteiger partial charge in [0.05, 0.1) is 18.0 Å². The molecule has 2 aromatic rings. The normalized spacial score (nSPS) is 15.7. The van der Waals surface area contributed by atoms with Gasteiger partial charge in [-0.1, -0.05) is 12.8 Å². The minimum atomic E-state index is -0.907. The second kappa shape index (κ2) is 13.4. The Morgan fingerprint density at radius 1 is 1.10 bits per heavy atom. The quantitative estimate of drug-likeness (QED) is 0.310. The maximum atomic E-state index is 13.5. The summed E-state index contributed by atoms with van der Waals surface area (Å²) in [5.74, 6) is 0.455. The van der Waals surface area contributed by atoms with E-state index in [0.717, 1.165) is 30.6 Å². The van der Waals surface area contributed by atoms with Gasteiger partial charge in [0.2, 0.25) is 6.54 Å². The zero-order valence-corrected chi connectivity index (χ0v) is 25.6. The van der Waals surface area contributed by atoms with Gasteiger partial charge in [0, 0.05) is 30.4 Å². The predicted molar refractivity (Wildman–Crippen MR) is 155 cm³/mol. The number of carbonyl (C=O) groups is 2. The van der Waals surface area contributed by atoms with Crippen LogP contribution >= 0.6 is 0 Å². The summed E-state index contributed by atoms with van der Waals surface area (Å²) in [6.45, 7) is 22.5. The van der Waals surface area contributed by atoms with Gasteiger partial charge in [0.25, 0.3) is 0 Å². The monoisotopic (exact) mass is 568 g/mol. The van der Waals surface area contributed by atoms with Crippen LogP contribution in [0.25, 0.3) is 16.1 Å². The summed E-state index contributed by atoms with van der Waals surface area (Å²) >= 11 is 0. The summed E-state index contributed by atoms with van der Waals surface area (Å²) in [6, 6.07) is -0.0316. The molecule has 2 amide bonds. The van der Waals surface area contributed by atoms with Crippen molar-refractivity contribution in [1.82, 2.24) is 19.7 Å². The molecule has 0 aliphatic heterocycles. The Balaban J connectivity index is 2.15. The minimum absolute atomic E-state index is 0.0316. The van der Waals surface area contributed by atoms with E-state index in [1.807, 2.05) is 24.7 Å². The highest BCUT2D eigenvalue weighted by Crippen LogP contribution is 2.36. The summed E-state index contributed by atoms with van der Waals surface area (Å²) < 4.78 is 18.9. The SMILES string of the molecule is [C-]#[N+]C[C@H](C1CCCC1)n1cc(-c2ncnc(N(C(=O)OC(C)(C)C)C(=O)OC(C)(C)C)c2CC(C)OCC)cn1. The third kappa shape index (κ3) is 8.73. The van der Waals surface area contributed by atoms with Gasteiger partial charge in [0.15, 0.2) is 5.82 Å². The molecule has 1 aliphatic rings. The topological polar surface area (TPSA) is 113 Å². The molecular formula is C30H44N6O5. The molecule has 0 saturated heterocycles. The number of hydrogen-bond donors (Lipinski definition) is 0. The Labute approximate surface area is 243 Å². The summed E-state index contributed by atoms with van der Waals surface area (Å²) in [6.07, 6.45) is 7.60. The fraction of sp³-hybridized carbons (Fsp3) is 0.667. The third-order valence-electron chi connectivity index (χ3n) is 6.67. The van der Waals surface area contributed by atoms with Gasteiger partial charge in [-0.15, -0.1) is 0 Å².